The molecule has 0 saturated carbocycles. The van der Waals surface area contributed by atoms with Crippen LogP contribution in [-0.4, -0.2) is 41.7 Å². The number of aliphatic hydroxyl groups is 1. The highest BCUT2D eigenvalue weighted by molar-refractivity contribution is 5.65. The van der Waals surface area contributed by atoms with Gasteiger partial charge in [-0.15, -0.1) is 0 Å². The number of ether oxygens (including phenoxy) is 1. The molecule has 1 aliphatic rings. The summed E-state index contributed by atoms with van der Waals surface area (Å²) in [5.41, 5.74) is -0.692. The number of carboxylic acid groups (broad SMARTS) is 1. The summed E-state index contributed by atoms with van der Waals surface area (Å²) in [4.78, 5) is 10.5. The highest BCUT2D eigenvalue weighted by Crippen LogP contribution is 2.20. The highest BCUT2D eigenvalue weighted by atomic mass is 16.5. The zero-order valence-corrected chi connectivity index (χ0v) is 7.45. The molecular weight excluding hydrogens is 174 g/mol. The van der Waals surface area contributed by atoms with Gasteiger partial charge < -0.3 is 20.3 Å². The van der Waals surface area contributed by atoms with E-state index in [2.05, 4.69) is 5.32 Å². The minimum Gasteiger partial charge on any atom is -0.465 e. The van der Waals surface area contributed by atoms with Crippen LogP contribution in [0.25, 0.3) is 0 Å². The number of aliphatic hydroxyl groups excluding tert-OH is 1. The van der Waals surface area contributed by atoms with Crippen LogP contribution >= 0.6 is 0 Å². The first-order chi connectivity index (χ1) is 6.18. The van der Waals surface area contributed by atoms with E-state index in [1.165, 1.54) is 0 Å². The van der Waals surface area contributed by atoms with Crippen molar-refractivity contribution in [1.29, 1.82) is 0 Å². The molecule has 1 heterocycles. The van der Waals surface area contributed by atoms with Crippen LogP contribution in [-0.2, 0) is 4.74 Å². The fraction of sp³-hybridized carbons (Fsp3) is 0.875. The number of carbonyl (C=O) groups is 1. The van der Waals surface area contributed by atoms with Crippen molar-refractivity contribution in [2.45, 2.75) is 24.8 Å². The Hall–Kier alpha value is -0.810. The average Bonchev–Trinajstić information content (AvgIpc) is 2.30. The lowest BCUT2D eigenvalue weighted by Crippen LogP contribution is -2.51. The third-order valence-electron chi connectivity index (χ3n) is 2.34. The van der Waals surface area contributed by atoms with E-state index >= 15 is 0 Å². The Labute approximate surface area is 76.7 Å². The largest absolute Gasteiger partial charge is 0.465 e. The first-order valence-electron chi connectivity index (χ1n) is 4.38. The molecule has 5 nitrogen and oxygen atoms in total. The second-order valence-corrected chi connectivity index (χ2v) is 3.33. The fourth-order valence-electron chi connectivity index (χ4n) is 1.56. The van der Waals surface area contributed by atoms with Crippen LogP contribution < -0.4 is 5.32 Å². The van der Waals surface area contributed by atoms with Gasteiger partial charge in [0, 0.05) is 13.2 Å². The van der Waals surface area contributed by atoms with E-state index in [0.717, 1.165) is 6.42 Å². The van der Waals surface area contributed by atoms with Gasteiger partial charge in [-0.05, 0) is 19.3 Å². The molecule has 1 fully saturated rings. The molecule has 0 spiro atoms. The van der Waals surface area contributed by atoms with Crippen LogP contribution in [0.1, 0.15) is 19.3 Å². The third-order valence-corrected chi connectivity index (χ3v) is 2.34. The van der Waals surface area contributed by atoms with Gasteiger partial charge in [-0.1, -0.05) is 0 Å². The van der Waals surface area contributed by atoms with E-state index < -0.39 is 11.6 Å². The number of amides is 1. The summed E-state index contributed by atoms with van der Waals surface area (Å²) in [7, 11) is 0. The minimum absolute atomic E-state index is 0.164. The Morgan fingerprint density at radius 2 is 2.23 bits per heavy atom. The summed E-state index contributed by atoms with van der Waals surface area (Å²) in [5, 5.41) is 20.1. The predicted molar refractivity (Wildman–Crippen MR) is 45.6 cm³/mol. The minimum atomic E-state index is -1.09. The summed E-state index contributed by atoms with van der Waals surface area (Å²) in [5.74, 6) is 0. The van der Waals surface area contributed by atoms with Gasteiger partial charge in [-0.25, -0.2) is 4.79 Å². The van der Waals surface area contributed by atoms with Gasteiger partial charge in [0.2, 0.25) is 0 Å². The van der Waals surface area contributed by atoms with Crippen molar-refractivity contribution >= 4 is 6.09 Å². The van der Waals surface area contributed by atoms with E-state index in [-0.39, 0.29) is 6.61 Å². The summed E-state index contributed by atoms with van der Waals surface area (Å²) in [6.07, 6.45) is 0.864. The Bertz CT molecular complexity index is 175. The van der Waals surface area contributed by atoms with E-state index in [1.807, 2.05) is 0 Å². The third kappa shape index (κ3) is 2.86. The molecule has 13 heavy (non-hydrogen) atoms. The molecule has 0 aliphatic carbocycles. The van der Waals surface area contributed by atoms with Crippen molar-refractivity contribution in [3.8, 4) is 0 Å². The maximum absolute atomic E-state index is 10.5. The Balaban J connectivity index is 2.58. The first kappa shape index (κ1) is 10.3. The first-order valence-corrected chi connectivity index (χ1v) is 4.38. The van der Waals surface area contributed by atoms with E-state index in [4.69, 9.17) is 14.9 Å². The topological polar surface area (TPSA) is 78.8 Å². The van der Waals surface area contributed by atoms with Gasteiger partial charge in [0.05, 0.1) is 12.1 Å². The Morgan fingerprint density at radius 1 is 1.46 bits per heavy atom. The van der Waals surface area contributed by atoms with Crippen molar-refractivity contribution in [3.63, 3.8) is 0 Å². The molecule has 0 radical (unpaired) electrons. The Morgan fingerprint density at radius 3 is 2.85 bits per heavy atom. The zero-order valence-electron chi connectivity index (χ0n) is 7.45. The number of hydrogen-bond acceptors (Lipinski definition) is 3. The molecule has 1 aliphatic heterocycles. The molecule has 1 amide bonds. The SMILES string of the molecule is O=C(O)NC1(CO)CCCOCC1. The van der Waals surface area contributed by atoms with Crippen molar-refractivity contribution in [1.82, 2.24) is 5.32 Å². The quantitative estimate of drug-likeness (QED) is 0.579. The van der Waals surface area contributed by atoms with Gasteiger partial charge in [-0.3, -0.25) is 0 Å². The molecule has 5 heteroatoms. The lowest BCUT2D eigenvalue weighted by molar-refractivity contribution is 0.109. The summed E-state index contributed by atoms with van der Waals surface area (Å²) in [6, 6.07) is 0. The number of hydrogen-bond donors (Lipinski definition) is 3. The maximum Gasteiger partial charge on any atom is 0.405 e. The van der Waals surface area contributed by atoms with Gasteiger partial charge in [0.25, 0.3) is 0 Å². The van der Waals surface area contributed by atoms with E-state index in [9.17, 15) is 4.79 Å². The molecule has 1 atom stereocenters. The number of rotatable bonds is 2. The molecule has 76 valence electrons. The van der Waals surface area contributed by atoms with Gasteiger partial charge in [0.1, 0.15) is 0 Å². The standard InChI is InChI=1S/C8H15NO4/c10-6-8(9-7(11)12)2-1-4-13-5-3-8/h9-10H,1-6H2,(H,11,12). The lowest BCUT2D eigenvalue weighted by Gasteiger charge is -2.29. The van der Waals surface area contributed by atoms with Crippen LogP contribution in [0.15, 0.2) is 0 Å². The molecule has 0 aromatic heterocycles. The monoisotopic (exact) mass is 189 g/mol. The van der Waals surface area contributed by atoms with Gasteiger partial charge in [-0.2, -0.15) is 0 Å². The van der Waals surface area contributed by atoms with Gasteiger partial charge >= 0.3 is 6.09 Å². The van der Waals surface area contributed by atoms with Crippen LogP contribution in [0.3, 0.4) is 0 Å². The van der Waals surface area contributed by atoms with Crippen LogP contribution in [0.5, 0.6) is 0 Å². The van der Waals surface area contributed by atoms with Crippen molar-refractivity contribution in [3.05, 3.63) is 0 Å². The van der Waals surface area contributed by atoms with Crippen molar-refractivity contribution in [2.24, 2.45) is 0 Å². The average molecular weight is 189 g/mol. The second kappa shape index (κ2) is 4.43. The lowest BCUT2D eigenvalue weighted by atomic mass is 9.92. The van der Waals surface area contributed by atoms with Crippen molar-refractivity contribution in [2.75, 3.05) is 19.8 Å². The summed E-state index contributed by atoms with van der Waals surface area (Å²) in [6.45, 7) is 0.979. The number of nitrogens with one attached hydrogen (secondary N) is 1. The molecular formula is C8H15NO4. The van der Waals surface area contributed by atoms with Gasteiger partial charge in [0.15, 0.2) is 0 Å². The smallest absolute Gasteiger partial charge is 0.405 e. The van der Waals surface area contributed by atoms with Crippen LogP contribution in [0, 0.1) is 0 Å². The highest BCUT2D eigenvalue weighted by Gasteiger charge is 2.32. The fourth-order valence-corrected chi connectivity index (χ4v) is 1.56. The molecule has 0 bridgehead atoms. The van der Waals surface area contributed by atoms with E-state index in [1.54, 1.807) is 0 Å². The molecule has 3 N–H and O–H groups in total. The molecule has 0 aromatic rings. The van der Waals surface area contributed by atoms with E-state index in [0.29, 0.717) is 26.1 Å². The molecule has 1 unspecified atom stereocenters. The maximum atomic E-state index is 10.5. The Kier molecular flexibility index (Phi) is 3.50. The van der Waals surface area contributed by atoms with Crippen molar-refractivity contribution < 1.29 is 19.7 Å². The molecule has 0 aromatic carbocycles. The summed E-state index contributed by atoms with van der Waals surface area (Å²) >= 11 is 0. The molecule has 1 saturated heterocycles. The predicted octanol–water partition coefficient (Wildman–Crippen LogP) is 0.186. The second-order valence-electron chi connectivity index (χ2n) is 3.33. The molecule has 1 rings (SSSR count). The summed E-state index contributed by atoms with van der Waals surface area (Å²) < 4.78 is 5.19. The zero-order chi connectivity index (χ0) is 9.73. The normalized spacial score (nSPS) is 29.3. The van der Waals surface area contributed by atoms with Crippen LogP contribution in [0.4, 0.5) is 4.79 Å². The van der Waals surface area contributed by atoms with Crippen LogP contribution in [0.2, 0.25) is 0 Å².